The van der Waals surface area contributed by atoms with Crippen molar-refractivity contribution < 1.29 is 9.59 Å². The summed E-state index contributed by atoms with van der Waals surface area (Å²) in [5.74, 6) is 0.177. The summed E-state index contributed by atoms with van der Waals surface area (Å²) in [6.45, 7) is 8.31. The minimum absolute atomic E-state index is 0.0404. The smallest absolute Gasteiger partial charge is 0.242 e. The summed E-state index contributed by atoms with van der Waals surface area (Å²) in [4.78, 5) is 35.0. The lowest BCUT2D eigenvalue weighted by Crippen LogP contribution is -2.50. The number of hydrogen-bond donors (Lipinski definition) is 1. The number of nitrogens with one attached hydrogen (secondary N) is 1. The maximum absolute atomic E-state index is 14.0. The van der Waals surface area contributed by atoms with Crippen LogP contribution in [0, 0.1) is 5.41 Å². The van der Waals surface area contributed by atoms with Gasteiger partial charge in [-0.05, 0) is 42.5 Å². The van der Waals surface area contributed by atoms with Crippen LogP contribution in [0.4, 0.5) is 11.4 Å². The molecule has 0 spiro atoms. The predicted molar refractivity (Wildman–Crippen MR) is 134 cm³/mol. The quantitative estimate of drug-likeness (QED) is 0.740. The van der Waals surface area contributed by atoms with Gasteiger partial charge in [0.1, 0.15) is 6.04 Å². The zero-order chi connectivity index (χ0) is 23.2. The average Bonchev–Trinajstić information content (AvgIpc) is 3.24. The Morgan fingerprint density at radius 1 is 1.09 bits per heavy atom. The van der Waals surface area contributed by atoms with Crippen molar-refractivity contribution in [2.45, 2.75) is 32.7 Å². The van der Waals surface area contributed by atoms with Gasteiger partial charge in [-0.25, -0.2) is 0 Å². The Kier molecular flexibility index (Phi) is 5.89. The van der Waals surface area contributed by atoms with Crippen LogP contribution in [-0.2, 0) is 9.59 Å². The summed E-state index contributed by atoms with van der Waals surface area (Å²) in [6.07, 6.45) is 1.27. The second kappa shape index (κ2) is 8.70. The van der Waals surface area contributed by atoms with Gasteiger partial charge in [0.2, 0.25) is 5.91 Å². The van der Waals surface area contributed by atoms with Crippen LogP contribution in [-0.4, -0.2) is 61.3 Å². The Morgan fingerprint density at radius 3 is 2.58 bits per heavy atom. The summed E-state index contributed by atoms with van der Waals surface area (Å²) >= 11 is 1.61. The highest BCUT2D eigenvalue weighted by molar-refractivity contribution is 7.10. The summed E-state index contributed by atoms with van der Waals surface area (Å²) in [5, 5.41) is 5.61. The van der Waals surface area contributed by atoms with Crippen LogP contribution in [0.2, 0.25) is 0 Å². The second-order valence-electron chi connectivity index (χ2n) is 10.2. The monoisotopic (exact) mass is 464 g/mol. The van der Waals surface area contributed by atoms with Crippen molar-refractivity contribution in [2.75, 3.05) is 50.0 Å². The summed E-state index contributed by atoms with van der Waals surface area (Å²) in [6, 6.07) is 11.6. The molecule has 1 saturated heterocycles. The molecule has 1 amide bonds. The van der Waals surface area contributed by atoms with Crippen molar-refractivity contribution in [2.24, 2.45) is 5.41 Å². The lowest BCUT2D eigenvalue weighted by molar-refractivity contribution is -0.120. The minimum Gasteiger partial charge on any atom is -0.357 e. The predicted octanol–water partition coefficient (Wildman–Crippen LogP) is 4.14. The van der Waals surface area contributed by atoms with E-state index in [2.05, 4.69) is 42.1 Å². The first-order chi connectivity index (χ1) is 15.8. The Hall–Kier alpha value is -2.48. The Labute approximate surface area is 199 Å². The Morgan fingerprint density at radius 2 is 1.85 bits per heavy atom. The van der Waals surface area contributed by atoms with Gasteiger partial charge in [-0.15, -0.1) is 11.3 Å². The van der Waals surface area contributed by atoms with Gasteiger partial charge in [0.05, 0.1) is 17.9 Å². The topological polar surface area (TPSA) is 55.9 Å². The number of fused-ring (bicyclic) bond motifs is 1. The Bertz CT molecular complexity index is 1080. The van der Waals surface area contributed by atoms with Gasteiger partial charge < -0.3 is 10.2 Å². The molecule has 1 fully saturated rings. The maximum atomic E-state index is 14.0. The first kappa shape index (κ1) is 22.3. The fourth-order valence-electron chi connectivity index (χ4n) is 5.25. The van der Waals surface area contributed by atoms with Crippen LogP contribution in [0.3, 0.4) is 0 Å². The van der Waals surface area contributed by atoms with Gasteiger partial charge in [-0.3, -0.25) is 19.4 Å². The average molecular weight is 465 g/mol. The normalized spacial score (nSPS) is 23.5. The van der Waals surface area contributed by atoms with E-state index >= 15 is 0 Å². The molecular weight excluding hydrogens is 432 g/mol. The summed E-state index contributed by atoms with van der Waals surface area (Å²) < 4.78 is 0. The van der Waals surface area contributed by atoms with E-state index in [9.17, 15) is 9.59 Å². The van der Waals surface area contributed by atoms with Crippen molar-refractivity contribution in [3.8, 4) is 0 Å². The van der Waals surface area contributed by atoms with Gasteiger partial charge in [-0.2, -0.15) is 0 Å². The van der Waals surface area contributed by atoms with E-state index < -0.39 is 6.04 Å². The third kappa shape index (κ3) is 4.37. The molecule has 1 aromatic heterocycles. The number of para-hydroxylation sites is 2. The van der Waals surface area contributed by atoms with E-state index in [4.69, 9.17) is 0 Å². The molecule has 1 aliphatic carbocycles. The van der Waals surface area contributed by atoms with E-state index in [1.165, 1.54) is 0 Å². The summed E-state index contributed by atoms with van der Waals surface area (Å²) in [7, 11) is 2.12. The third-order valence-corrected chi connectivity index (χ3v) is 7.86. The van der Waals surface area contributed by atoms with E-state index in [-0.39, 0.29) is 17.1 Å². The summed E-state index contributed by atoms with van der Waals surface area (Å²) in [5.41, 5.74) is 3.32. The lowest BCUT2D eigenvalue weighted by Gasteiger charge is -2.38. The standard InChI is InChI=1S/C26H32N4O2S/c1-26(2)15-19-24(21(31)16-26)25(22-9-6-14-33-22)30(20-8-5-4-7-18(20)27-19)23(32)17-29-12-10-28(3)11-13-29/h4-9,14,25,27H,10-13,15-17H2,1-3H3/t25-/m1/s1. The van der Waals surface area contributed by atoms with Gasteiger partial charge >= 0.3 is 0 Å². The molecule has 3 aliphatic rings. The molecule has 2 aliphatic heterocycles. The Balaban J connectivity index is 1.61. The molecule has 33 heavy (non-hydrogen) atoms. The number of anilines is 2. The fourth-order valence-corrected chi connectivity index (χ4v) is 6.08. The van der Waals surface area contributed by atoms with Crippen LogP contribution < -0.4 is 10.2 Å². The van der Waals surface area contributed by atoms with Crippen LogP contribution >= 0.6 is 11.3 Å². The number of thiophene rings is 1. The molecule has 7 heteroatoms. The number of carbonyl (C=O) groups is 2. The number of likely N-dealkylation sites (N-methyl/N-ethyl adjacent to an activating group) is 1. The van der Waals surface area contributed by atoms with Crippen molar-refractivity contribution in [1.29, 1.82) is 0 Å². The number of piperazine rings is 1. The molecule has 0 saturated carbocycles. The third-order valence-electron chi connectivity index (χ3n) is 6.94. The molecule has 1 N–H and O–H groups in total. The van der Waals surface area contributed by atoms with Crippen molar-refractivity contribution in [1.82, 2.24) is 9.80 Å². The molecule has 0 unspecified atom stereocenters. The van der Waals surface area contributed by atoms with Gasteiger partial charge in [0.15, 0.2) is 5.78 Å². The number of carbonyl (C=O) groups excluding carboxylic acids is 2. The number of nitrogens with zero attached hydrogens (tertiary/aromatic N) is 3. The molecular formula is C26H32N4O2S. The van der Waals surface area contributed by atoms with E-state index in [1.54, 1.807) is 11.3 Å². The number of Topliss-reactive ketones (excluding diaryl/α,β-unsaturated/α-hetero) is 1. The number of benzene rings is 1. The highest BCUT2D eigenvalue weighted by Crippen LogP contribution is 2.49. The number of allylic oxidation sites excluding steroid dienone is 1. The number of ketones is 1. The number of amides is 1. The number of rotatable bonds is 3. The molecule has 5 rings (SSSR count). The highest BCUT2D eigenvalue weighted by Gasteiger charge is 2.43. The highest BCUT2D eigenvalue weighted by atomic mass is 32.1. The molecule has 1 aromatic carbocycles. The first-order valence-corrected chi connectivity index (χ1v) is 12.6. The molecule has 3 heterocycles. The van der Waals surface area contributed by atoms with Crippen LogP contribution in [0.15, 0.2) is 53.0 Å². The van der Waals surface area contributed by atoms with E-state index in [0.29, 0.717) is 13.0 Å². The molecule has 1 atom stereocenters. The largest absolute Gasteiger partial charge is 0.357 e. The fraction of sp³-hybridized carbons (Fsp3) is 0.462. The van der Waals surface area contributed by atoms with Gasteiger partial charge in [0.25, 0.3) is 0 Å². The zero-order valence-corrected chi connectivity index (χ0v) is 20.5. The van der Waals surface area contributed by atoms with Crippen molar-refractivity contribution in [3.63, 3.8) is 0 Å². The first-order valence-electron chi connectivity index (χ1n) is 11.7. The van der Waals surface area contributed by atoms with E-state index in [1.807, 2.05) is 40.6 Å². The van der Waals surface area contributed by atoms with Crippen LogP contribution in [0.5, 0.6) is 0 Å². The second-order valence-corrected chi connectivity index (χ2v) is 11.2. The molecule has 0 radical (unpaired) electrons. The van der Waals surface area contributed by atoms with Crippen molar-refractivity contribution in [3.05, 3.63) is 57.9 Å². The lowest BCUT2D eigenvalue weighted by atomic mass is 9.74. The molecule has 2 aromatic rings. The SMILES string of the molecule is CN1CCN(CC(=O)N2c3ccccc3NC3=C(C(=O)CC(C)(C)C3)[C@H]2c2cccs2)CC1. The minimum atomic E-state index is -0.403. The molecule has 174 valence electrons. The van der Waals surface area contributed by atoms with Gasteiger partial charge in [-0.1, -0.05) is 32.0 Å². The van der Waals surface area contributed by atoms with Gasteiger partial charge in [0, 0.05) is 48.7 Å². The van der Waals surface area contributed by atoms with Crippen LogP contribution in [0.25, 0.3) is 0 Å². The molecule has 0 bridgehead atoms. The number of hydrogen-bond acceptors (Lipinski definition) is 6. The van der Waals surface area contributed by atoms with Crippen molar-refractivity contribution >= 4 is 34.4 Å². The zero-order valence-electron chi connectivity index (χ0n) is 19.6. The maximum Gasteiger partial charge on any atom is 0.242 e. The van der Waals surface area contributed by atoms with E-state index in [0.717, 1.165) is 60.1 Å². The van der Waals surface area contributed by atoms with Crippen LogP contribution in [0.1, 0.15) is 37.6 Å². The molecule has 6 nitrogen and oxygen atoms in total.